The maximum atomic E-state index is 12.6. The molecule has 7 nitrogen and oxygen atoms in total. The van der Waals surface area contributed by atoms with Crippen LogP contribution < -0.4 is 5.32 Å². The van der Waals surface area contributed by atoms with Gasteiger partial charge >= 0.3 is 0 Å². The Morgan fingerprint density at radius 3 is 2.72 bits per heavy atom. The van der Waals surface area contributed by atoms with E-state index in [0.717, 1.165) is 31.0 Å². The summed E-state index contributed by atoms with van der Waals surface area (Å²) in [6.07, 6.45) is 3.65. The maximum absolute atomic E-state index is 12.6. The summed E-state index contributed by atoms with van der Waals surface area (Å²) in [7, 11) is 0. The van der Waals surface area contributed by atoms with Gasteiger partial charge in [-0.3, -0.25) is 15.0 Å². The van der Waals surface area contributed by atoms with E-state index in [2.05, 4.69) is 34.1 Å². The molecule has 1 aliphatic rings. The summed E-state index contributed by atoms with van der Waals surface area (Å²) in [5, 5.41) is 10.3. The zero-order valence-electron chi connectivity index (χ0n) is 16.2. The molecule has 0 spiro atoms. The number of carbonyl (C=O) groups is 1. The van der Waals surface area contributed by atoms with E-state index in [1.54, 1.807) is 23.0 Å². The molecule has 1 saturated heterocycles. The molecule has 2 aromatic heterocycles. The van der Waals surface area contributed by atoms with E-state index < -0.39 is 0 Å². The number of halogens is 1. The molecule has 1 aliphatic heterocycles. The third-order valence-electron chi connectivity index (χ3n) is 4.59. The number of aromatic nitrogens is 3. The molecule has 29 heavy (non-hydrogen) atoms. The van der Waals surface area contributed by atoms with Crippen LogP contribution in [-0.2, 0) is 11.3 Å². The third-order valence-corrected chi connectivity index (χ3v) is 5.65. The van der Waals surface area contributed by atoms with Crippen molar-refractivity contribution in [3.05, 3.63) is 58.3 Å². The highest BCUT2D eigenvalue weighted by atomic mass is 35.5. The van der Waals surface area contributed by atoms with Gasteiger partial charge in [-0.25, -0.2) is 9.67 Å². The van der Waals surface area contributed by atoms with Crippen LogP contribution in [0.4, 0.5) is 5.13 Å². The Labute approximate surface area is 178 Å². The van der Waals surface area contributed by atoms with Crippen molar-refractivity contribution in [1.29, 1.82) is 0 Å². The van der Waals surface area contributed by atoms with Crippen molar-refractivity contribution in [3.63, 3.8) is 0 Å². The van der Waals surface area contributed by atoms with Crippen LogP contribution in [0.3, 0.4) is 0 Å². The number of carbonyl (C=O) groups excluding carboxylic acids is 1. The molecular weight excluding hydrogens is 410 g/mol. The number of anilines is 1. The third kappa shape index (κ3) is 5.02. The van der Waals surface area contributed by atoms with Crippen LogP contribution in [0, 0.1) is 0 Å². The first-order valence-corrected chi connectivity index (χ1v) is 10.7. The molecule has 3 heterocycles. The van der Waals surface area contributed by atoms with Crippen LogP contribution in [0.25, 0.3) is 5.69 Å². The Balaban J connectivity index is 1.37. The highest BCUT2D eigenvalue weighted by Gasteiger charge is 2.23. The molecule has 9 heteroatoms. The smallest absolute Gasteiger partial charge is 0.260 e. The SMILES string of the molecule is C[C@H]1CN(Cc2csc(NC(=O)c3cnn(-c4ccc(Cl)cc4)c3)n2)C[C@H](C)O1. The van der Waals surface area contributed by atoms with Crippen molar-refractivity contribution in [2.24, 2.45) is 0 Å². The summed E-state index contributed by atoms with van der Waals surface area (Å²) in [6.45, 7) is 6.68. The van der Waals surface area contributed by atoms with E-state index in [1.807, 2.05) is 17.5 Å². The Hall–Kier alpha value is -2.26. The van der Waals surface area contributed by atoms with Gasteiger partial charge in [0.05, 0.1) is 35.3 Å². The summed E-state index contributed by atoms with van der Waals surface area (Å²) in [5.74, 6) is -0.236. The minimum Gasteiger partial charge on any atom is -0.373 e. The fourth-order valence-corrected chi connectivity index (χ4v) is 4.25. The van der Waals surface area contributed by atoms with Gasteiger partial charge in [-0.05, 0) is 38.1 Å². The monoisotopic (exact) mass is 431 g/mol. The minimum atomic E-state index is -0.236. The fourth-order valence-electron chi connectivity index (χ4n) is 3.42. The minimum absolute atomic E-state index is 0.216. The van der Waals surface area contributed by atoms with Crippen molar-refractivity contribution in [3.8, 4) is 5.69 Å². The Kier molecular flexibility index (Phi) is 5.96. The topological polar surface area (TPSA) is 72.3 Å². The zero-order valence-corrected chi connectivity index (χ0v) is 17.8. The lowest BCUT2D eigenvalue weighted by Crippen LogP contribution is -2.44. The Morgan fingerprint density at radius 2 is 2.00 bits per heavy atom. The van der Waals surface area contributed by atoms with Crippen molar-refractivity contribution in [2.75, 3.05) is 18.4 Å². The van der Waals surface area contributed by atoms with E-state index >= 15 is 0 Å². The van der Waals surface area contributed by atoms with Gasteiger partial charge in [0.1, 0.15) is 0 Å². The number of nitrogens with one attached hydrogen (secondary N) is 1. The standard InChI is InChI=1S/C20H22ClN5O2S/c1-13-8-25(9-14(2)28-13)11-17-12-29-20(23-17)24-19(27)15-7-22-26(10-15)18-5-3-16(21)4-6-18/h3-7,10,12-14H,8-9,11H2,1-2H3,(H,23,24,27)/t13-,14-/m0/s1. The van der Waals surface area contributed by atoms with Gasteiger partial charge < -0.3 is 4.74 Å². The summed E-state index contributed by atoms with van der Waals surface area (Å²) in [5.41, 5.74) is 2.25. The average molecular weight is 432 g/mol. The van der Waals surface area contributed by atoms with Gasteiger partial charge in [0, 0.05) is 36.2 Å². The van der Waals surface area contributed by atoms with Crippen molar-refractivity contribution >= 4 is 34.0 Å². The van der Waals surface area contributed by atoms with Crippen LogP contribution in [0.2, 0.25) is 5.02 Å². The van der Waals surface area contributed by atoms with Crippen LogP contribution in [0.1, 0.15) is 29.9 Å². The fraction of sp³-hybridized carbons (Fsp3) is 0.350. The molecule has 0 unspecified atom stereocenters. The average Bonchev–Trinajstić information content (AvgIpc) is 3.31. The summed E-state index contributed by atoms with van der Waals surface area (Å²) >= 11 is 7.34. The molecule has 1 fully saturated rings. The van der Waals surface area contributed by atoms with E-state index in [0.29, 0.717) is 15.7 Å². The number of hydrogen-bond donors (Lipinski definition) is 1. The molecule has 0 bridgehead atoms. The number of thiazole rings is 1. The molecule has 3 aromatic rings. The molecule has 1 N–H and O–H groups in total. The Morgan fingerprint density at radius 1 is 1.28 bits per heavy atom. The molecule has 152 valence electrons. The summed E-state index contributed by atoms with van der Waals surface area (Å²) in [6, 6.07) is 7.26. The number of amides is 1. The highest BCUT2D eigenvalue weighted by Crippen LogP contribution is 2.20. The second kappa shape index (κ2) is 8.62. The van der Waals surface area contributed by atoms with E-state index in [9.17, 15) is 4.79 Å². The lowest BCUT2D eigenvalue weighted by molar-refractivity contribution is -0.0707. The van der Waals surface area contributed by atoms with Gasteiger partial charge in [-0.1, -0.05) is 11.6 Å². The molecule has 1 amide bonds. The first kappa shape index (κ1) is 20.0. The zero-order chi connectivity index (χ0) is 20.4. The largest absolute Gasteiger partial charge is 0.373 e. The van der Waals surface area contributed by atoms with E-state index in [-0.39, 0.29) is 18.1 Å². The van der Waals surface area contributed by atoms with Crippen LogP contribution >= 0.6 is 22.9 Å². The van der Waals surface area contributed by atoms with Gasteiger partial charge in [-0.15, -0.1) is 11.3 Å². The number of morpholine rings is 1. The molecule has 2 atom stereocenters. The Bertz CT molecular complexity index is 977. The number of benzene rings is 1. The molecule has 1 aromatic carbocycles. The number of rotatable bonds is 5. The number of nitrogens with zero attached hydrogens (tertiary/aromatic N) is 4. The first-order chi connectivity index (χ1) is 14.0. The quantitative estimate of drug-likeness (QED) is 0.664. The molecular formula is C20H22ClN5O2S. The number of ether oxygens (including phenoxy) is 1. The van der Waals surface area contributed by atoms with Gasteiger partial charge in [-0.2, -0.15) is 5.10 Å². The molecule has 4 rings (SSSR count). The predicted octanol–water partition coefficient (Wildman–Crippen LogP) is 3.84. The van der Waals surface area contributed by atoms with Crippen LogP contribution in [-0.4, -0.2) is 50.9 Å². The van der Waals surface area contributed by atoms with Gasteiger partial charge in [0.15, 0.2) is 5.13 Å². The van der Waals surface area contributed by atoms with E-state index in [4.69, 9.17) is 16.3 Å². The second-order valence-corrected chi connectivity index (χ2v) is 8.49. The van der Waals surface area contributed by atoms with Crippen molar-refractivity contribution in [2.45, 2.75) is 32.6 Å². The van der Waals surface area contributed by atoms with Gasteiger partial charge in [0.25, 0.3) is 5.91 Å². The van der Waals surface area contributed by atoms with E-state index in [1.165, 1.54) is 17.5 Å². The molecule has 0 aliphatic carbocycles. The maximum Gasteiger partial charge on any atom is 0.260 e. The highest BCUT2D eigenvalue weighted by molar-refractivity contribution is 7.13. The summed E-state index contributed by atoms with van der Waals surface area (Å²) < 4.78 is 7.41. The summed E-state index contributed by atoms with van der Waals surface area (Å²) in [4.78, 5) is 19.4. The lowest BCUT2D eigenvalue weighted by Gasteiger charge is -2.34. The lowest BCUT2D eigenvalue weighted by atomic mass is 10.2. The predicted molar refractivity (Wildman–Crippen MR) is 114 cm³/mol. The van der Waals surface area contributed by atoms with Crippen molar-refractivity contribution in [1.82, 2.24) is 19.7 Å². The molecule has 0 radical (unpaired) electrons. The number of hydrogen-bond acceptors (Lipinski definition) is 6. The van der Waals surface area contributed by atoms with Crippen LogP contribution in [0.15, 0.2) is 42.0 Å². The normalized spacial score (nSPS) is 20.0. The first-order valence-electron chi connectivity index (χ1n) is 9.40. The van der Waals surface area contributed by atoms with Gasteiger partial charge in [0.2, 0.25) is 0 Å². The second-order valence-electron chi connectivity index (χ2n) is 7.20. The van der Waals surface area contributed by atoms with Crippen LogP contribution in [0.5, 0.6) is 0 Å². The van der Waals surface area contributed by atoms with Crippen molar-refractivity contribution < 1.29 is 9.53 Å². The molecule has 0 saturated carbocycles.